The van der Waals surface area contributed by atoms with Gasteiger partial charge in [0.05, 0.1) is 17.8 Å². The molecule has 0 bridgehead atoms. The molecule has 3 aromatic carbocycles. The van der Waals surface area contributed by atoms with Crippen LogP contribution >= 0.6 is 0 Å². The quantitative estimate of drug-likeness (QED) is 0.536. The number of hydrogen-bond acceptors (Lipinski definition) is 4. The highest BCUT2D eigenvalue weighted by Crippen LogP contribution is 2.27. The molecule has 0 fully saturated rings. The Kier molecular flexibility index (Phi) is 7.37. The maximum atomic E-state index is 13.9. The molecule has 0 saturated carbocycles. The van der Waals surface area contributed by atoms with Crippen LogP contribution in [0.1, 0.15) is 23.6 Å². The van der Waals surface area contributed by atoms with Crippen molar-refractivity contribution in [3.63, 3.8) is 0 Å². The van der Waals surface area contributed by atoms with Gasteiger partial charge >= 0.3 is 0 Å². The smallest absolute Gasteiger partial charge is 0.272 e. The molecule has 1 heterocycles. The van der Waals surface area contributed by atoms with Gasteiger partial charge in [-0.3, -0.25) is 14.4 Å². The highest BCUT2D eigenvalue weighted by atomic mass is 19.1. The third-order valence-electron chi connectivity index (χ3n) is 5.88. The van der Waals surface area contributed by atoms with Crippen LogP contribution in [0.15, 0.2) is 71.7 Å². The number of rotatable bonds is 6. The van der Waals surface area contributed by atoms with E-state index in [9.17, 15) is 27.6 Å². The minimum Gasteiger partial charge on any atom is -0.344 e. The Morgan fingerprint density at radius 2 is 1.62 bits per heavy atom. The summed E-state index contributed by atoms with van der Waals surface area (Å²) in [6, 6.07) is 16.1. The van der Waals surface area contributed by atoms with E-state index in [2.05, 4.69) is 15.6 Å². The molecule has 0 saturated heterocycles. The molecule has 4 rings (SSSR count). The first kappa shape index (κ1) is 25.6. The van der Waals surface area contributed by atoms with Gasteiger partial charge in [0.2, 0.25) is 18.0 Å². The highest BCUT2D eigenvalue weighted by molar-refractivity contribution is 6.20. The second-order valence-corrected chi connectivity index (χ2v) is 8.48. The van der Waals surface area contributed by atoms with E-state index in [-0.39, 0.29) is 0 Å². The molecule has 0 radical (unpaired) electrons. The first-order valence-corrected chi connectivity index (χ1v) is 11.4. The molecule has 3 aromatic rings. The summed E-state index contributed by atoms with van der Waals surface area (Å²) in [5.41, 5.74) is 1.92. The number of likely N-dealkylation sites (N-methyl/N-ethyl adjacent to an activating group) is 1. The van der Waals surface area contributed by atoms with Gasteiger partial charge in [0, 0.05) is 35.9 Å². The van der Waals surface area contributed by atoms with Crippen molar-refractivity contribution in [2.45, 2.75) is 25.6 Å². The summed E-state index contributed by atoms with van der Waals surface area (Å²) < 4.78 is 40.9. The van der Waals surface area contributed by atoms with Crippen LogP contribution in [-0.4, -0.2) is 42.7 Å². The summed E-state index contributed by atoms with van der Waals surface area (Å²) in [6.45, 7) is 1.35. The third-order valence-corrected chi connectivity index (χ3v) is 5.88. The number of carbonyl (C=O) groups is 3. The van der Waals surface area contributed by atoms with Gasteiger partial charge in [-0.05, 0) is 13.0 Å². The van der Waals surface area contributed by atoms with Gasteiger partial charge in [0.15, 0.2) is 0 Å². The Morgan fingerprint density at radius 3 is 2.30 bits per heavy atom. The standard InChI is InChI=1S/C27H23F3N4O3/c1-15(31-23(35)14-19-20(29)12-17(28)13-21(19)30)26(36)33-25-27(37)34(2)22-11-7-6-10-18(22)24(32-25)16-8-4-3-5-9-16/h3-13,15,25H,14H2,1-2H3,(H,31,35)(H,33,36)/t15-,25+/m0/s1. The van der Waals surface area contributed by atoms with E-state index < -0.39 is 59.4 Å². The number of halogens is 3. The summed E-state index contributed by atoms with van der Waals surface area (Å²) >= 11 is 0. The number of nitrogens with one attached hydrogen (secondary N) is 2. The maximum Gasteiger partial charge on any atom is 0.272 e. The molecular weight excluding hydrogens is 485 g/mol. The van der Waals surface area contributed by atoms with Crippen molar-refractivity contribution >= 4 is 29.1 Å². The Morgan fingerprint density at radius 1 is 1.00 bits per heavy atom. The number of amides is 3. The lowest BCUT2D eigenvalue weighted by molar-refractivity contribution is -0.130. The number of benzene rings is 3. The number of anilines is 1. The Hall–Kier alpha value is -4.47. The molecule has 37 heavy (non-hydrogen) atoms. The largest absolute Gasteiger partial charge is 0.344 e. The molecule has 10 heteroatoms. The van der Waals surface area contributed by atoms with Crippen molar-refractivity contribution < 1.29 is 27.6 Å². The van der Waals surface area contributed by atoms with Crippen molar-refractivity contribution in [2.75, 3.05) is 11.9 Å². The fraction of sp³-hybridized carbons (Fsp3) is 0.185. The van der Waals surface area contributed by atoms with Gasteiger partial charge < -0.3 is 15.5 Å². The van der Waals surface area contributed by atoms with Crippen LogP contribution in [-0.2, 0) is 20.8 Å². The molecular formula is C27H23F3N4O3. The van der Waals surface area contributed by atoms with Crippen molar-refractivity contribution in [3.05, 3.63) is 101 Å². The number of aliphatic imine (C=N–C) groups is 1. The lowest BCUT2D eigenvalue weighted by Gasteiger charge is -2.22. The van der Waals surface area contributed by atoms with Gasteiger partial charge in [0.1, 0.15) is 23.5 Å². The minimum atomic E-state index is -1.30. The highest BCUT2D eigenvalue weighted by Gasteiger charge is 2.32. The van der Waals surface area contributed by atoms with Crippen LogP contribution in [0.2, 0.25) is 0 Å². The normalized spacial score (nSPS) is 15.8. The van der Waals surface area contributed by atoms with Crippen LogP contribution in [0, 0.1) is 17.5 Å². The van der Waals surface area contributed by atoms with Crippen LogP contribution < -0.4 is 15.5 Å². The SMILES string of the molecule is C[C@H](NC(=O)Cc1c(F)cc(F)cc1F)C(=O)N[C@H]1N=C(c2ccccc2)c2ccccc2N(C)C1=O. The van der Waals surface area contributed by atoms with E-state index in [1.54, 1.807) is 19.2 Å². The van der Waals surface area contributed by atoms with Crippen molar-refractivity contribution in [1.82, 2.24) is 10.6 Å². The summed E-state index contributed by atoms with van der Waals surface area (Å²) in [5.74, 6) is -5.62. The Balaban J connectivity index is 1.54. The topological polar surface area (TPSA) is 90.9 Å². The number of fused-ring (bicyclic) bond motifs is 1. The fourth-order valence-corrected chi connectivity index (χ4v) is 3.96. The second-order valence-electron chi connectivity index (χ2n) is 8.48. The molecule has 0 spiro atoms. The van der Waals surface area contributed by atoms with E-state index in [0.717, 1.165) is 5.56 Å². The monoisotopic (exact) mass is 508 g/mol. The minimum absolute atomic E-state index is 0.469. The average Bonchev–Trinajstić information content (AvgIpc) is 2.97. The summed E-state index contributed by atoms with van der Waals surface area (Å²) in [7, 11) is 1.57. The third kappa shape index (κ3) is 5.53. The van der Waals surface area contributed by atoms with Gasteiger partial charge in [-0.25, -0.2) is 18.2 Å². The molecule has 1 aliphatic heterocycles. The summed E-state index contributed by atoms with van der Waals surface area (Å²) in [5, 5.41) is 4.88. The zero-order chi connectivity index (χ0) is 26.7. The van der Waals surface area contributed by atoms with E-state index >= 15 is 0 Å². The molecule has 0 aromatic heterocycles. The molecule has 0 unspecified atom stereocenters. The Labute approximate surface area is 211 Å². The number of nitrogens with zero attached hydrogens (tertiary/aromatic N) is 2. The number of carbonyl (C=O) groups excluding carboxylic acids is 3. The first-order chi connectivity index (χ1) is 17.7. The molecule has 190 valence electrons. The first-order valence-electron chi connectivity index (χ1n) is 11.4. The molecule has 3 amide bonds. The second kappa shape index (κ2) is 10.7. The van der Waals surface area contributed by atoms with Crippen molar-refractivity contribution in [1.29, 1.82) is 0 Å². The summed E-state index contributed by atoms with van der Waals surface area (Å²) in [4.78, 5) is 44.4. The van der Waals surface area contributed by atoms with Crippen molar-refractivity contribution in [2.24, 2.45) is 4.99 Å². The lowest BCUT2D eigenvalue weighted by atomic mass is 10.0. The van der Waals surface area contributed by atoms with E-state index in [4.69, 9.17) is 0 Å². The predicted molar refractivity (Wildman–Crippen MR) is 131 cm³/mol. The molecule has 0 aliphatic carbocycles. The van der Waals surface area contributed by atoms with E-state index in [1.807, 2.05) is 42.5 Å². The zero-order valence-electron chi connectivity index (χ0n) is 20.0. The van der Waals surface area contributed by atoms with Crippen molar-refractivity contribution in [3.8, 4) is 0 Å². The van der Waals surface area contributed by atoms with E-state index in [1.165, 1.54) is 11.8 Å². The van der Waals surface area contributed by atoms with Crippen LogP contribution in [0.4, 0.5) is 18.9 Å². The van der Waals surface area contributed by atoms with Gasteiger partial charge in [0.25, 0.3) is 5.91 Å². The molecule has 7 nitrogen and oxygen atoms in total. The zero-order valence-corrected chi connectivity index (χ0v) is 20.0. The summed E-state index contributed by atoms with van der Waals surface area (Å²) in [6.07, 6.45) is -2.04. The van der Waals surface area contributed by atoms with Gasteiger partial charge in [-0.2, -0.15) is 0 Å². The van der Waals surface area contributed by atoms with Gasteiger partial charge in [-0.1, -0.05) is 48.5 Å². The van der Waals surface area contributed by atoms with Crippen LogP contribution in [0.5, 0.6) is 0 Å². The molecule has 1 aliphatic rings. The molecule has 2 atom stereocenters. The number of benzodiazepines with no additional fused rings is 1. The fourth-order valence-electron chi connectivity index (χ4n) is 3.96. The van der Waals surface area contributed by atoms with Crippen LogP contribution in [0.25, 0.3) is 0 Å². The van der Waals surface area contributed by atoms with Gasteiger partial charge in [-0.15, -0.1) is 0 Å². The lowest BCUT2D eigenvalue weighted by Crippen LogP contribution is -2.52. The molecule has 2 N–H and O–H groups in total. The van der Waals surface area contributed by atoms with Crippen LogP contribution in [0.3, 0.4) is 0 Å². The predicted octanol–water partition coefficient (Wildman–Crippen LogP) is 3.11. The van der Waals surface area contributed by atoms with E-state index in [0.29, 0.717) is 29.1 Å². The Bertz CT molecular complexity index is 1370. The average molecular weight is 509 g/mol. The number of para-hydroxylation sites is 1. The maximum absolute atomic E-state index is 13.9. The number of hydrogen-bond donors (Lipinski definition) is 2.